The molecule has 30 heavy (non-hydrogen) atoms. The minimum absolute atomic E-state index is 0.113. The van der Waals surface area contributed by atoms with Crippen LogP contribution in [-0.2, 0) is 14.3 Å². The van der Waals surface area contributed by atoms with Gasteiger partial charge in [0.15, 0.2) is 6.10 Å². The van der Waals surface area contributed by atoms with Gasteiger partial charge in [0.2, 0.25) is 0 Å². The molecule has 0 unspecified atom stereocenters. The van der Waals surface area contributed by atoms with Crippen LogP contribution >= 0.6 is 0 Å². The number of rotatable bonds is 10. The average Bonchev–Trinajstić information content (AvgIpc) is 2.73. The van der Waals surface area contributed by atoms with E-state index in [0.29, 0.717) is 17.0 Å². The summed E-state index contributed by atoms with van der Waals surface area (Å²) in [6.07, 6.45) is -0.226. The molecule has 1 amide bonds. The quantitative estimate of drug-likeness (QED) is 0.510. The SMILES string of the molecule is CO[C@H](/C=C/C(=O)O)[C@H](OC(=O)Nc1ccc(C)cc1)c1ccc(OCCO)cc1. The van der Waals surface area contributed by atoms with Gasteiger partial charge in [-0.2, -0.15) is 0 Å². The van der Waals surface area contributed by atoms with Crippen LogP contribution in [0.15, 0.2) is 60.7 Å². The van der Waals surface area contributed by atoms with Crippen LogP contribution in [0.1, 0.15) is 17.2 Å². The van der Waals surface area contributed by atoms with Crippen LogP contribution < -0.4 is 10.1 Å². The number of amides is 1. The number of methoxy groups -OCH3 is 1. The maximum atomic E-state index is 12.5. The van der Waals surface area contributed by atoms with Crippen LogP contribution in [0.3, 0.4) is 0 Å². The van der Waals surface area contributed by atoms with Gasteiger partial charge >= 0.3 is 12.1 Å². The van der Waals surface area contributed by atoms with Crippen LogP contribution in [0.25, 0.3) is 0 Å². The lowest BCUT2D eigenvalue weighted by Crippen LogP contribution is -2.27. The zero-order chi connectivity index (χ0) is 21.9. The number of aryl methyl sites for hydroxylation is 1. The Bertz CT molecular complexity index is 847. The third-order valence-electron chi connectivity index (χ3n) is 4.10. The molecule has 0 saturated heterocycles. The molecule has 0 aliphatic carbocycles. The molecule has 0 aromatic heterocycles. The minimum Gasteiger partial charge on any atom is -0.491 e. The number of aliphatic hydroxyl groups excluding tert-OH is 1. The number of benzene rings is 2. The Morgan fingerprint density at radius 2 is 1.77 bits per heavy atom. The molecular formula is C22H25NO7. The Labute approximate surface area is 174 Å². The second kappa shape index (κ2) is 11.6. The summed E-state index contributed by atoms with van der Waals surface area (Å²) in [5, 5.41) is 20.4. The number of anilines is 1. The van der Waals surface area contributed by atoms with E-state index in [1.807, 2.05) is 19.1 Å². The van der Waals surface area contributed by atoms with Crippen molar-refractivity contribution in [3.05, 3.63) is 71.8 Å². The first kappa shape index (κ1) is 22.9. The molecule has 8 heteroatoms. The van der Waals surface area contributed by atoms with Crippen LogP contribution in [0.2, 0.25) is 0 Å². The van der Waals surface area contributed by atoms with E-state index in [2.05, 4.69) is 5.32 Å². The van der Waals surface area contributed by atoms with Gasteiger partial charge in [0.05, 0.1) is 6.61 Å². The number of aliphatic carboxylic acids is 1. The summed E-state index contributed by atoms with van der Waals surface area (Å²) in [6.45, 7) is 1.97. The molecule has 2 atom stereocenters. The molecule has 0 heterocycles. The van der Waals surface area contributed by atoms with Crippen LogP contribution in [0, 0.1) is 6.92 Å². The molecule has 0 radical (unpaired) electrons. The Morgan fingerprint density at radius 3 is 2.33 bits per heavy atom. The van der Waals surface area contributed by atoms with Gasteiger partial charge in [0.1, 0.15) is 18.5 Å². The van der Waals surface area contributed by atoms with E-state index in [4.69, 9.17) is 24.4 Å². The van der Waals surface area contributed by atoms with Gasteiger partial charge in [-0.3, -0.25) is 5.32 Å². The number of hydrogen-bond donors (Lipinski definition) is 3. The van der Waals surface area contributed by atoms with Crippen molar-refractivity contribution >= 4 is 17.7 Å². The number of hydrogen-bond acceptors (Lipinski definition) is 6. The van der Waals surface area contributed by atoms with Gasteiger partial charge in [0, 0.05) is 18.9 Å². The Balaban J connectivity index is 2.22. The highest BCUT2D eigenvalue weighted by Gasteiger charge is 2.26. The minimum atomic E-state index is -1.15. The average molecular weight is 415 g/mol. The van der Waals surface area contributed by atoms with E-state index in [1.54, 1.807) is 36.4 Å². The first-order chi connectivity index (χ1) is 14.4. The largest absolute Gasteiger partial charge is 0.491 e. The van der Waals surface area contributed by atoms with Crippen molar-refractivity contribution in [3.8, 4) is 5.75 Å². The predicted octanol–water partition coefficient (Wildman–Crippen LogP) is 3.31. The van der Waals surface area contributed by atoms with Gasteiger partial charge in [-0.05, 0) is 42.8 Å². The number of carbonyl (C=O) groups excluding carboxylic acids is 1. The fraction of sp³-hybridized carbons (Fsp3) is 0.273. The maximum Gasteiger partial charge on any atom is 0.412 e. The first-order valence-corrected chi connectivity index (χ1v) is 9.24. The lowest BCUT2D eigenvalue weighted by Gasteiger charge is -2.24. The number of carbonyl (C=O) groups is 2. The summed E-state index contributed by atoms with van der Waals surface area (Å²) in [5.41, 5.74) is 2.19. The lowest BCUT2D eigenvalue weighted by atomic mass is 10.0. The van der Waals surface area contributed by atoms with E-state index >= 15 is 0 Å². The van der Waals surface area contributed by atoms with Gasteiger partial charge in [0.25, 0.3) is 0 Å². The van der Waals surface area contributed by atoms with Crippen molar-refractivity contribution in [1.82, 2.24) is 0 Å². The summed E-state index contributed by atoms with van der Waals surface area (Å²) < 4.78 is 16.3. The van der Waals surface area contributed by atoms with Crippen molar-refractivity contribution < 1.29 is 34.0 Å². The number of carboxylic acid groups (broad SMARTS) is 1. The summed E-state index contributed by atoms with van der Waals surface area (Å²) in [7, 11) is 1.39. The molecule has 0 spiro atoms. The van der Waals surface area contributed by atoms with Crippen molar-refractivity contribution in [2.45, 2.75) is 19.1 Å². The zero-order valence-electron chi connectivity index (χ0n) is 16.8. The van der Waals surface area contributed by atoms with Gasteiger partial charge in [-0.1, -0.05) is 29.8 Å². The lowest BCUT2D eigenvalue weighted by molar-refractivity contribution is -0.131. The molecule has 0 fully saturated rings. The molecule has 3 N–H and O–H groups in total. The smallest absolute Gasteiger partial charge is 0.412 e. The van der Waals surface area contributed by atoms with E-state index in [0.717, 1.165) is 11.6 Å². The van der Waals surface area contributed by atoms with E-state index in [1.165, 1.54) is 13.2 Å². The van der Waals surface area contributed by atoms with E-state index in [9.17, 15) is 9.59 Å². The summed E-state index contributed by atoms with van der Waals surface area (Å²) >= 11 is 0. The Morgan fingerprint density at radius 1 is 1.10 bits per heavy atom. The topological polar surface area (TPSA) is 114 Å². The van der Waals surface area contributed by atoms with E-state index in [-0.39, 0.29) is 13.2 Å². The third-order valence-corrected chi connectivity index (χ3v) is 4.10. The molecule has 8 nitrogen and oxygen atoms in total. The normalized spacial score (nSPS) is 12.9. The van der Waals surface area contributed by atoms with Crippen molar-refractivity contribution in [3.63, 3.8) is 0 Å². The van der Waals surface area contributed by atoms with Crippen molar-refractivity contribution in [2.24, 2.45) is 0 Å². The van der Waals surface area contributed by atoms with Crippen LogP contribution in [-0.4, -0.2) is 48.7 Å². The molecule has 0 saturated carbocycles. The maximum absolute atomic E-state index is 12.5. The van der Waals surface area contributed by atoms with Gasteiger partial charge < -0.3 is 24.4 Å². The second-order valence-corrected chi connectivity index (χ2v) is 6.36. The Hall–Kier alpha value is -3.36. The molecule has 2 aromatic rings. The number of aliphatic hydroxyl groups is 1. The second-order valence-electron chi connectivity index (χ2n) is 6.36. The summed E-state index contributed by atoms with van der Waals surface area (Å²) in [6, 6.07) is 13.9. The van der Waals surface area contributed by atoms with E-state index < -0.39 is 24.3 Å². The van der Waals surface area contributed by atoms with Gasteiger partial charge in [-0.25, -0.2) is 9.59 Å². The molecule has 2 aromatic carbocycles. The highest BCUT2D eigenvalue weighted by atomic mass is 16.6. The zero-order valence-corrected chi connectivity index (χ0v) is 16.8. The molecule has 0 bridgehead atoms. The van der Waals surface area contributed by atoms with Crippen molar-refractivity contribution in [2.75, 3.05) is 25.6 Å². The van der Waals surface area contributed by atoms with Crippen LogP contribution in [0.5, 0.6) is 5.75 Å². The summed E-state index contributed by atoms with van der Waals surface area (Å²) in [5.74, 6) is -0.613. The first-order valence-electron chi connectivity index (χ1n) is 9.24. The number of carboxylic acids is 1. The number of nitrogens with one attached hydrogen (secondary N) is 1. The van der Waals surface area contributed by atoms with Crippen molar-refractivity contribution in [1.29, 1.82) is 0 Å². The standard InChI is InChI=1S/C22H25NO7/c1-15-3-7-17(8-4-15)23-22(27)30-21(19(28-2)11-12-20(25)26)16-5-9-18(10-6-16)29-14-13-24/h3-12,19,21,24H,13-14H2,1-2H3,(H,23,27)(H,25,26)/b12-11+/t19-,21-/m1/s1. The molecule has 160 valence electrons. The highest BCUT2D eigenvalue weighted by molar-refractivity contribution is 5.84. The highest BCUT2D eigenvalue weighted by Crippen LogP contribution is 2.27. The van der Waals surface area contributed by atoms with Crippen LogP contribution in [0.4, 0.5) is 10.5 Å². The predicted molar refractivity (Wildman–Crippen MR) is 111 cm³/mol. The van der Waals surface area contributed by atoms with Gasteiger partial charge in [-0.15, -0.1) is 0 Å². The molecule has 0 aliphatic heterocycles. The monoisotopic (exact) mass is 415 g/mol. The summed E-state index contributed by atoms with van der Waals surface area (Å²) in [4.78, 5) is 23.4. The molecule has 0 aliphatic rings. The number of ether oxygens (including phenoxy) is 3. The Kier molecular flexibility index (Phi) is 8.86. The fourth-order valence-electron chi connectivity index (χ4n) is 2.62. The molecule has 2 rings (SSSR count). The molecular weight excluding hydrogens is 390 g/mol. The fourth-order valence-corrected chi connectivity index (χ4v) is 2.62. The third kappa shape index (κ3) is 7.23.